The molecule has 0 saturated heterocycles. The predicted molar refractivity (Wildman–Crippen MR) is 55.8 cm³/mol. The first-order chi connectivity index (χ1) is 6.75. The lowest BCUT2D eigenvalue weighted by molar-refractivity contribution is 0.491. The first kappa shape index (κ1) is 9.59. The highest BCUT2D eigenvalue weighted by molar-refractivity contribution is 5.01. The largest absolute Gasteiger partial charge is 0.308 e. The van der Waals surface area contributed by atoms with Gasteiger partial charge in [0.25, 0.3) is 0 Å². The van der Waals surface area contributed by atoms with Crippen molar-refractivity contribution in [3.05, 3.63) is 23.8 Å². The van der Waals surface area contributed by atoms with Crippen LogP contribution < -0.4 is 5.32 Å². The lowest BCUT2D eigenvalue weighted by Gasteiger charge is -2.11. The molecular formula is C11H17N3. The third-order valence-corrected chi connectivity index (χ3v) is 2.77. The highest BCUT2D eigenvalue weighted by atomic mass is 15.0. The second kappa shape index (κ2) is 4.05. The maximum atomic E-state index is 4.35. The van der Waals surface area contributed by atoms with Crippen molar-refractivity contribution in [3.8, 4) is 0 Å². The van der Waals surface area contributed by atoms with Crippen molar-refractivity contribution in [1.82, 2.24) is 15.3 Å². The number of hydrogen-bond acceptors (Lipinski definition) is 3. The van der Waals surface area contributed by atoms with E-state index in [1.165, 1.54) is 12.8 Å². The molecule has 1 aliphatic rings. The summed E-state index contributed by atoms with van der Waals surface area (Å²) in [6.45, 7) is 5.04. The van der Waals surface area contributed by atoms with Gasteiger partial charge in [-0.15, -0.1) is 0 Å². The third-order valence-electron chi connectivity index (χ3n) is 2.77. The number of rotatable bonds is 4. The first-order valence-electron chi connectivity index (χ1n) is 5.27. The molecule has 0 aromatic carbocycles. The van der Waals surface area contributed by atoms with E-state index < -0.39 is 0 Å². The van der Waals surface area contributed by atoms with Gasteiger partial charge in [-0.05, 0) is 38.7 Å². The molecule has 0 amide bonds. The van der Waals surface area contributed by atoms with E-state index in [-0.39, 0.29) is 0 Å². The van der Waals surface area contributed by atoms with Crippen LogP contribution in [0.1, 0.15) is 31.3 Å². The van der Waals surface area contributed by atoms with Crippen molar-refractivity contribution in [2.45, 2.75) is 39.3 Å². The molecule has 1 aromatic heterocycles. The van der Waals surface area contributed by atoms with Gasteiger partial charge in [0, 0.05) is 18.8 Å². The molecule has 1 aliphatic carbocycles. The quantitative estimate of drug-likeness (QED) is 0.786. The van der Waals surface area contributed by atoms with Gasteiger partial charge in [-0.3, -0.25) is 0 Å². The SMILES string of the molecule is Cc1nccc(CNC(C)C2CC2)n1. The Bertz CT molecular complexity index is 307. The van der Waals surface area contributed by atoms with Crippen LogP contribution >= 0.6 is 0 Å². The number of nitrogens with zero attached hydrogens (tertiary/aromatic N) is 2. The van der Waals surface area contributed by atoms with Gasteiger partial charge in [0.15, 0.2) is 0 Å². The fourth-order valence-electron chi connectivity index (χ4n) is 1.63. The minimum Gasteiger partial charge on any atom is -0.308 e. The molecule has 3 heteroatoms. The number of hydrogen-bond donors (Lipinski definition) is 1. The Morgan fingerprint density at radius 2 is 2.36 bits per heavy atom. The number of nitrogens with one attached hydrogen (secondary N) is 1. The molecule has 0 bridgehead atoms. The molecule has 1 aromatic rings. The number of aryl methyl sites for hydroxylation is 1. The molecule has 76 valence electrons. The van der Waals surface area contributed by atoms with Crippen LogP contribution in [0.4, 0.5) is 0 Å². The summed E-state index contributed by atoms with van der Waals surface area (Å²) in [6.07, 6.45) is 4.59. The molecule has 0 radical (unpaired) electrons. The summed E-state index contributed by atoms with van der Waals surface area (Å²) in [7, 11) is 0. The molecule has 3 nitrogen and oxygen atoms in total. The first-order valence-corrected chi connectivity index (χ1v) is 5.27. The van der Waals surface area contributed by atoms with Crippen LogP contribution in [0.2, 0.25) is 0 Å². The fraction of sp³-hybridized carbons (Fsp3) is 0.636. The zero-order chi connectivity index (χ0) is 9.97. The average Bonchev–Trinajstić information content (AvgIpc) is 2.97. The van der Waals surface area contributed by atoms with Crippen LogP contribution in [-0.2, 0) is 6.54 Å². The van der Waals surface area contributed by atoms with Crippen LogP contribution in [0.25, 0.3) is 0 Å². The van der Waals surface area contributed by atoms with E-state index in [0.717, 1.165) is 24.0 Å². The smallest absolute Gasteiger partial charge is 0.125 e. The Labute approximate surface area is 85.0 Å². The van der Waals surface area contributed by atoms with Crippen LogP contribution in [0.5, 0.6) is 0 Å². The van der Waals surface area contributed by atoms with Gasteiger partial charge >= 0.3 is 0 Å². The summed E-state index contributed by atoms with van der Waals surface area (Å²) in [6, 6.07) is 2.60. The van der Waals surface area contributed by atoms with Gasteiger partial charge in [0.05, 0.1) is 5.69 Å². The maximum absolute atomic E-state index is 4.35. The van der Waals surface area contributed by atoms with Gasteiger partial charge in [-0.2, -0.15) is 0 Å². The normalized spacial score (nSPS) is 18.1. The Morgan fingerprint density at radius 3 is 3.00 bits per heavy atom. The third kappa shape index (κ3) is 2.51. The van der Waals surface area contributed by atoms with Crippen LogP contribution in [0.15, 0.2) is 12.3 Å². The molecule has 14 heavy (non-hydrogen) atoms. The molecule has 0 aliphatic heterocycles. The van der Waals surface area contributed by atoms with Gasteiger partial charge in [0.2, 0.25) is 0 Å². The Balaban J connectivity index is 1.84. The van der Waals surface area contributed by atoms with Crippen molar-refractivity contribution in [3.63, 3.8) is 0 Å². The minimum atomic E-state index is 0.630. The fourth-order valence-corrected chi connectivity index (χ4v) is 1.63. The molecular weight excluding hydrogens is 174 g/mol. The monoisotopic (exact) mass is 191 g/mol. The van der Waals surface area contributed by atoms with Gasteiger partial charge in [0.1, 0.15) is 5.82 Å². The lowest BCUT2D eigenvalue weighted by Crippen LogP contribution is -2.27. The second-order valence-corrected chi connectivity index (χ2v) is 4.10. The van der Waals surface area contributed by atoms with Crippen molar-refractivity contribution in [2.24, 2.45) is 5.92 Å². The van der Waals surface area contributed by atoms with E-state index in [0.29, 0.717) is 6.04 Å². The molecule has 1 saturated carbocycles. The molecule has 1 unspecified atom stereocenters. The van der Waals surface area contributed by atoms with E-state index in [4.69, 9.17) is 0 Å². The van der Waals surface area contributed by atoms with Gasteiger partial charge in [-0.1, -0.05) is 0 Å². The molecule has 0 spiro atoms. The second-order valence-electron chi connectivity index (χ2n) is 4.10. The summed E-state index contributed by atoms with van der Waals surface area (Å²) in [5.74, 6) is 1.75. The van der Waals surface area contributed by atoms with Crippen LogP contribution in [-0.4, -0.2) is 16.0 Å². The number of aromatic nitrogens is 2. The summed E-state index contributed by atoms with van der Waals surface area (Å²) in [5, 5.41) is 3.50. The van der Waals surface area contributed by atoms with E-state index in [1.54, 1.807) is 0 Å². The van der Waals surface area contributed by atoms with Crippen molar-refractivity contribution >= 4 is 0 Å². The summed E-state index contributed by atoms with van der Waals surface area (Å²) >= 11 is 0. The lowest BCUT2D eigenvalue weighted by atomic mass is 10.2. The molecule has 1 atom stereocenters. The summed E-state index contributed by atoms with van der Waals surface area (Å²) in [5.41, 5.74) is 1.09. The van der Waals surface area contributed by atoms with Crippen molar-refractivity contribution in [2.75, 3.05) is 0 Å². The Kier molecular flexibility index (Phi) is 2.77. The minimum absolute atomic E-state index is 0.630. The Morgan fingerprint density at radius 1 is 1.57 bits per heavy atom. The summed E-state index contributed by atoms with van der Waals surface area (Å²) < 4.78 is 0. The van der Waals surface area contributed by atoms with E-state index >= 15 is 0 Å². The molecule has 1 fully saturated rings. The zero-order valence-electron chi connectivity index (χ0n) is 8.83. The van der Waals surface area contributed by atoms with E-state index in [2.05, 4.69) is 22.2 Å². The van der Waals surface area contributed by atoms with Gasteiger partial charge in [-0.25, -0.2) is 9.97 Å². The standard InChI is InChI=1S/C11H17N3/c1-8(10-3-4-10)13-7-11-5-6-12-9(2)14-11/h5-6,8,10,13H,3-4,7H2,1-2H3. The predicted octanol–water partition coefficient (Wildman–Crippen LogP) is 1.67. The molecule has 2 rings (SSSR count). The van der Waals surface area contributed by atoms with Crippen molar-refractivity contribution in [1.29, 1.82) is 0 Å². The maximum Gasteiger partial charge on any atom is 0.125 e. The highest BCUT2D eigenvalue weighted by Gasteiger charge is 2.27. The zero-order valence-corrected chi connectivity index (χ0v) is 8.83. The van der Waals surface area contributed by atoms with Gasteiger partial charge < -0.3 is 5.32 Å². The average molecular weight is 191 g/mol. The van der Waals surface area contributed by atoms with E-state index in [1.807, 2.05) is 19.2 Å². The summed E-state index contributed by atoms with van der Waals surface area (Å²) in [4.78, 5) is 8.43. The molecule has 1 heterocycles. The van der Waals surface area contributed by atoms with Crippen molar-refractivity contribution < 1.29 is 0 Å². The van der Waals surface area contributed by atoms with Crippen LogP contribution in [0, 0.1) is 12.8 Å². The van der Waals surface area contributed by atoms with Crippen LogP contribution in [0.3, 0.4) is 0 Å². The Hall–Kier alpha value is -0.960. The molecule has 1 N–H and O–H groups in total. The highest BCUT2D eigenvalue weighted by Crippen LogP contribution is 2.32. The topological polar surface area (TPSA) is 37.8 Å². The van der Waals surface area contributed by atoms with E-state index in [9.17, 15) is 0 Å².